The second-order valence-corrected chi connectivity index (χ2v) is 3.21. The molecule has 0 saturated carbocycles. The first kappa shape index (κ1) is 10.1. The first-order valence-corrected chi connectivity index (χ1v) is 4.07. The van der Waals surface area contributed by atoms with Gasteiger partial charge in [0.05, 0.1) is 5.92 Å². The topological polar surface area (TPSA) is 37.3 Å². The summed E-state index contributed by atoms with van der Waals surface area (Å²) in [5.41, 5.74) is 2.40. The van der Waals surface area contributed by atoms with Gasteiger partial charge in [-0.2, -0.15) is 0 Å². The van der Waals surface area contributed by atoms with Crippen molar-refractivity contribution in [2.45, 2.75) is 12.8 Å². The molecular weight excluding hydrogens is 188 g/mol. The normalized spacial score (nSPS) is 14.8. The molecule has 0 fully saturated rings. The molecule has 0 saturated heterocycles. The van der Waals surface area contributed by atoms with Crippen molar-refractivity contribution >= 4 is 18.4 Å². The predicted octanol–water partition coefficient (Wildman–Crippen LogP) is 1.91. The van der Waals surface area contributed by atoms with E-state index in [0.29, 0.717) is 12.8 Å². The standard InChI is InChI=1S/C10H10O2.ClH/c11-10(12)9-5-7-3-1-2-4-8(7)6-9;/h1-4,9H,5-6H2,(H,11,12);1H. The Hall–Kier alpha value is -1.02. The molecule has 1 aromatic carbocycles. The van der Waals surface area contributed by atoms with E-state index in [0.717, 1.165) is 0 Å². The van der Waals surface area contributed by atoms with Gasteiger partial charge in [-0.05, 0) is 24.0 Å². The quantitative estimate of drug-likeness (QED) is 0.749. The number of fused-ring (bicyclic) bond motifs is 1. The van der Waals surface area contributed by atoms with Crippen LogP contribution in [0.25, 0.3) is 0 Å². The lowest BCUT2D eigenvalue weighted by atomic mass is 10.1. The van der Waals surface area contributed by atoms with E-state index in [1.54, 1.807) is 0 Å². The Balaban J connectivity index is 0.000000845. The Morgan fingerprint density at radius 1 is 1.23 bits per heavy atom. The van der Waals surface area contributed by atoms with Gasteiger partial charge in [-0.25, -0.2) is 0 Å². The van der Waals surface area contributed by atoms with Crippen LogP contribution >= 0.6 is 12.4 Å². The number of carboxylic acid groups (broad SMARTS) is 1. The molecule has 0 radical (unpaired) electrons. The van der Waals surface area contributed by atoms with Crippen LogP contribution in [0.4, 0.5) is 0 Å². The van der Waals surface area contributed by atoms with E-state index in [2.05, 4.69) is 0 Å². The van der Waals surface area contributed by atoms with E-state index in [-0.39, 0.29) is 18.3 Å². The van der Waals surface area contributed by atoms with E-state index < -0.39 is 5.97 Å². The Kier molecular flexibility index (Phi) is 2.94. The third kappa shape index (κ3) is 1.83. The predicted molar refractivity (Wildman–Crippen MR) is 52.2 cm³/mol. The summed E-state index contributed by atoms with van der Waals surface area (Å²) in [5, 5.41) is 8.79. The van der Waals surface area contributed by atoms with Gasteiger partial charge in [0.15, 0.2) is 0 Å². The summed E-state index contributed by atoms with van der Waals surface area (Å²) in [7, 11) is 0. The smallest absolute Gasteiger partial charge is 0.307 e. The van der Waals surface area contributed by atoms with Gasteiger partial charge in [0.25, 0.3) is 0 Å². The first-order chi connectivity index (χ1) is 5.77. The highest BCUT2D eigenvalue weighted by Gasteiger charge is 2.26. The number of carboxylic acids is 1. The monoisotopic (exact) mass is 198 g/mol. The maximum absolute atomic E-state index is 10.7. The fraction of sp³-hybridized carbons (Fsp3) is 0.300. The van der Waals surface area contributed by atoms with Gasteiger partial charge in [0.2, 0.25) is 0 Å². The van der Waals surface area contributed by atoms with E-state index in [9.17, 15) is 4.79 Å². The largest absolute Gasteiger partial charge is 0.481 e. The summed E-state index contributed by atoms with van der Waals surface area (Å²) in [6, 6.07) is 7.95. The number of halogens is 1. The SMILES string of the molecule is Cl.O=C(O)C1Cc2ccccc2C1. The lowest BCUT2D eigenvalue weighted by Gasteiger charge is -1.98. The minimum absolute atomic E-state index is 0. The van der Waals surface area contributed by atoms with Crippen LogP contribution in [0.3, 0.4) is 0 Å². The maximum Gasteiger partial charge on any atom is 0.307 e. The Labute approximate surface area is 83.0 Å². The molecule has 1 N–H and O–H groups in total. The van der Waals surface area contributed by atoms with Crippen molar-refractivity contribution < 1.29 is 9.90 Å². The summed E-state index contributed by atoms with van der Waals surface area (Å²) < 4.78 is 0. The summed E-state index contributed by atoms with van der Waals surface area (Å²) in [6.45, 7) is 0. The summed E-state index contributed by atoms with van der Waals surface area (Å²) >= 11 is 0. The number of hydrogen-bond acceptors (Lipinski definition) is 1. The molecule has 3 heteroatoms. The molecule has 0 atom stereocenters. The molecule has 13 heavy (non-hydrogen) atoms. The van der Waals surface area contributed by atoms with Gasteiger partial charge in [-0.15, -0.1) is 12.4 Å². The molecular formula is C10H11ClO2. The van der Waals surface area contributed by atoms with Crippen LogP contribution in [0.1, 0.15) is 11.1 Å². The number of aliphatic carboxylic acids is 1. The Morgan fingerprint density at radius 3 is 2.08 bits per heavy atom. The van der Waals surface area contributed by atoms with Crippen molar-refractivity contribution in [3.05, 3.63) is 35.4 Å². The van der Waals surface area contributed by atoms with Crippen LogP contribution in [0.5, 0.6) is 0 Å². The molecule has 0 amide bonds. The fourth-order valence-corrected chi connectivity index (χ4v) is 1.73. The molecule has 70 valence electrons. The molecule has 0 aliphatic heterocycles. The molecule has 0 spiro atoms. The molecule has 2 rings (SSSR count). The van der Waals surface area contributed by atoms with Crippen molar-refractivity contribution in [3.8, 4) is 0 Å². The van der Waals surface area contributed by atoms with Crippen LogP contribution in [0, 0.1) is 5.92 Å². The third-order valence-electron chi connectivity index (χ3n) is 2.40. The first-order valence-electron chi connectivity index (χ1n) is 4.07. The van der Waals surface area contributed by atoms with Gasteiger partial charge in [-0.3, -0.25) is 4.79 Å². The minimum Gasteiger partial charge on any atom is -0.481 e. The van der Waals surface area contributed by atoms with Crippen molar-refractivity contribution in [1.82, 2.24) is 0 Å². The van der Waals surface area contributed by atoms with Crippen LogP contribution in [0.15, 0.2) is 24.3 Å². The number of carbonyl (C=O) groups is 1. The highest BCUT2D eigenvalue weighted by molar-refractivity contribution is 5.85. The second kappa shape index (κ2) is 3.79. The zero-order chi connectivity index (χ0) is 8.55. The van der Waals surface area contributed by atoms with Gasteiger partial charge < -0.3 is 5.11 Å². The zero-order valence-corrected chi connectivity index (χ0v) is 7.88. The molecule has 0 unspecified atom stereocenters. The molecule has 1 aliphatic rings. The summed E-state index contributed by atoms with van der Waals surface area (Å²) in [5.74, 6) is -0.867. The van der Waals surface area contributed by atoms with Crippen molar-refractivity contribution in [1.29, 1.82) is 0 Å². The van der Waals surface area contributed by atoms with E-state index in [1.165, 1.54) is 11.1 Å². The van der Waals surface area contributed by atoms with Gasteiger partial charge >= 0.3 is 5.97 Å². The lowest BCUT2D eigenvalue weighted by Crippen LogP contribution is -2.12. The number of rotatable bonds is 1. The summed E-state index contributed by atoms with van der Waals surface area (Å²) in [4.78, 5) is 10.7. The zero-order valence-electron chi connectivity index (χ0n) is 7.06. The maximum atomic E-state index is 10.7. The average Bonchev–Trinajstić information content (AvgIpc) is 2.46. The molecule has 1 aromatic rings. The van der Waals surface area contributed by atoms with Crippen LogP contribution in [-0.4, -0.2) is 11.1 Å². The minimum atomic E-state index is -0.675. The fourth-order valence-electron chi connectivity index (χ4n) is 1.73. The summed E-state index contributed by atoms with van der Waals surface area (Å²) in [6.07, 6.45) is 1.40. The van der Waals surface area contributed by atoms with Gasteiger partial charge in [-0.1, -0.05) is 24.3 Å². The van der Waals surface area contributed by atoms with Crippen LogP contribution in [-0.2, 0) is 17.6 Å². The van der Waals surface area contributed by atoms with Crippen molar-refractivity contribution in [2.24, 2.45) is 5.92 Å². The average molecular weight is 199 g/mol. The molecule has 2 nitrogen and oxygen atoms in total. The van der Waals surface area contributed by atoms with Crippen molar-refractivity contribution in [2.75, 3.05) is 0 Å². The second-order valence-electron chi connectivity index (χ2n) is 3.21. The Morgan fingerprint density at radius 2 is 1.69 bits per heavy atom. The molecule has 1 aliphatic carbocycles. The molecule has 0 bridgehead atoms. The van der Waals surface area contributed by atoms with Gasteiger partial charge in [0, 0.05) is 0 Å². The van der Waals surface area contributed by atoms with Gasteiger partial charge in [0.1, 0.15) is 0 Å². The third-order valence-corrected chi connectivity index (χ3v) is 2.40. The number of hydrogen-bond donors (Lipinski definition) is 1. The van der Waals surface area contributed by atoms with Crippen molar-refractivity contribution in [3.63, 3.8) is 0 Å². The molecule has 0 heterocycles. The van der Waals surface area contributed by atoms with Crippen LogP contribution < -0.4 is 0 Å². The Bertz CT molecular complexity index is 297. The van der Waals surface area contributed by atoms with Crippen LogP contribution in [0.2, 0.25) is 0 Å². The highest BCUT2D eigenvalue weighted by Crippen LogP contribution is 2.26. The highest BCUT2D eigenvalue weighted by atomic mass is 35.5. The number of benzene rings is 1. The van der Waals surface area contributed by atoms with E-state index in [1.807, 2.05) is 24.3 Å². The lowest BCUT2D eigenvalue weighted by molar-refractivity contribution is -0.141. The molecule has 0 aromatic heterocycles. The van der Waals surface area contributed by atoms with E-state index >= 15 is 0 Å². The van der Waals surface area contributed by atoms with E-state index in [4.69, 9.17) is 5.11 Å².